The number of alkyl halides is 1. The van der Waals surface area contributed by atoms with Crippen LogP contribution in [-0.2, 0) is 4.79 Å². The number of carbonyl (C=O) groups is 1. The molecule has 1 aliphatic rings. The van der Waals surface area contributed by atoms with Gasteiger partial charge < -0.3 is 4.90 Å². The first-order chi connectivity index (χ1) is 7.22. The highest BCUT2D eigenvalue weighted by atomic mass is 35.5. The first kappa shape index (κ1) is 10.4. The predicted octanol–water partition coefficient (Wildman–Crippen LogP) is 1.81. The van der Waals surface area contributed by atoms with E-state index in [0.29, 0.717) is 24.5 Å². The highest BCUT2D eigenvalue weighted by Gasteiger charge is 2.31. The van der Waals surface area contributed by atoms with Crippen LogP contribution in [0.2, 0.25) is 0 Å². The van der Waals surface area contributed by atoms with E-state index in [1.165, 1.54) is 17.2 Å². The van der Waals surface area contributed by atoms with Gasteiger partial charge in [0.15, 0.2) is 5.82 Å². The van der Waals surface area contributed by atoms with Crippen LogP contribution in [0.25, 0.3) is 0 Å². The summed E-state index contributed by atoms with van der Waals surface area (Å²) in [4.78, 5) is 16.7. The maximum Gasteiger partial charge on any atom is 0.227 e. The molecule has 15 heavy (non-hydrogen) atoms. The van der Waals surface area contributed by atoms with Crippen LogP contribution in [0.1, 0.15) is 6.42 Å². The summed E-state index contributed by atoms with van der Waals surface area (Å²) in [6, 6.07) is 1.50. The van der Waals surface area contributed by atoms with E-state index >= 15 is 0 Å². The zero-order valence-corrected chi connectivity index (χ0v) is 8.75. The Labute approximate surface area is 91.9 Å². The van der Waals surface area contributed by atoms with E-state index < -0.39 is 5.82 Å². The molecule has 3 nitrogen and oxygen atoms in total. The average Bonchev–Trinajstić information content (AvgIpc) is 2.60. The van der Waals surface area contributed by atoms with E-state index in [1.54, 1.807) is 0 Å². The summed E-state index contributed by atoms with van der Waals surface area (Å²) in [5, 5.41) is 0. The summed E-state index contributed by atoms with van der Waals surface area (Å²) in [7, 11) is 0. The number of hydrogen-bond donors (Lipinski definition) is 0. The molecule has 1 aromatic rings. The van der Waals surface area contributed by atoms with Gasteiger partial charge in [0.1, 0.15) is 0 Å². The first-order valence-corrected chi connectivity index (χ1v) is 5.21. The largest absolute Gasteiger partial charge is 0.309 e. The summed E-state index contributed by atoms with van der Waals surface area (Å²) in [5.74, 6) is -0.00636. The molecule has 80 valence electrons. The molecule has 1 atom stereocenters. The van der Waals surface area contributed by atoms with Crippen LogP contribution in [-0.4, -0.2) is 23.3 Å². The summed E-state index contributed by atoms with van der Waals surface area (Å²) in [5.41, 5.74) is 0.294. The molecule has 1 saturated heterocycles. The number of nitrogens with zero attached hydrogens (tertiary/aromatic N) is 2. The quantitative estimate of drug-likeness (QED) is 0.724. The van der Waals surface area contributed by atoms with E-state index in [9.17, 15) is 9.18 Å². The highest BCUT2D eigenvalue weighted by Crippen LogP contribution is 2.27. The number of amides is 1. The first-order valence-electron chi connectivity index (χ1n) is 4.68. The fraction of sp³-hybridized carbons (Fsp3) is 0.400. The van der Waals surface area contributed by atoms with Gasteiger partial charge in [-0.25, -0.2) is 4.39 Å². The summed E-state index contributed by atoms with van der Waals surface area (Å²) in [6.07, 6.45) is 2.97. The van der Waals surface area contributed by atoms with Gasteiger partial charge >= 0.3 is 0 Å². The lowest BCUT2D eigenvalue weighted by Gasteiger charge is -2.16. The van der Waals surface area contributed by atoms with Gasteiger partial charge in [0.25, 0.3) is 0 Å². The van der Waals surface area contributed by atoms with Crippen molar-refractivity contribution in [2.24, 2.45) is 5.92 Å². The molecule has 2 heterocycles. The molecule has 0 aliphatic carbocycles. The Hall–Kier alpha value is -1.16. The number of carbonyl (C=O) groups excluding carboxylic acids is 1. The molecular weight excluding hydrogens is 219 g/mol. The Morgan fingerprint density at radius 1 is 1.67 bits per heavy atom. The predicted molar refractivity (Wildman–Crippen MR) is 55.4 cm³/mol. The van der Waals surface area contributed by atoms with E-state index in [1.807, 2.05) is 0 Å². The van der Waals surface area contributed by atoms with Crippen molar-refractivity contribution in [3.63, 3.8) is 0 Å². The normalized spacial score (nSPS) is 21.1. The maximum atomic E-state index is 13.4. The van der Waals surface area contributed by atoms with Gasteiger partial charge in [-0.15, -0.1) is 11.6 Å². The molecule has 0 aromatic carbocycles. The second kappa shape index (κ2) is 4.14. The molecule has 1 unspecified atom stereocenters. The van der Waals surface area contributed by atoms with E-state index in [-0.39, 0.29) is 11.8 Å². The standard InChI is InChI=1S/C10H10ClFN2O/c11-4-7-3-10(15)14(6-7)9-1-2-13-5-8(9)12/h1-2,5,7H,3-4,6H2. The summed E-state index contributed by atoms with van der Waals surface area (Å²) >= 11 is 5.68. The highest BCUT2D eigenvalue weighted by molar-refractivity contribution is 6.18. The Bertz CT molecular complexity index is 385. The Balaban J connectivity index is 2.25. The van der Waals surface area contributed by atoms with Crippen molar-refractivity contribution in [2.75, 3.05) is 17.3 Å². The number of pyridine rings is 1. The molecule has 1 aliphatic heterocycles. The van der Waals surface area contributed by atoms with Crippen LogP contribution >= 0.6 is 11.6 Å². The fourth-order valence-corrected chi connectivity index (χ4v) is 1.91. The fourth-order valence-electron chi connectivity index (χ4n) is 1.70. The third kappa shape index (κ3) is 1.95. The Morgan fingerprint density at radius 2 is 2.47 bits per heavy atom. The van der Waals surface area contributed by atoms with Crippen molar-refractivity contribution >= 4 is 23.2 Å². The molecule has 0 bridgehead atoms. The third-order valence-corrected chi connectivity index (χ3v) is 2.90. The Kier molecular flexibility index (Phi) is 2.86. The van der Waals surface area contributed by atoms with Crippen molar-refractivity contribution in [1.82, 2.24) is 4.98 Å². The lowest BCUT2D eigenvalue weighted by molar-refractivity contribution is -0.117. The number of anilines is 1. The minimum absolute atomic E-state index is 0.0780. The molecule has 1 fully saturated rings. The maximum absolute atomic E-state index is 13.4. The van der Waals surface area contributed by atoms with Crippen LogP contribution in [0.5, 0.6) is 0 Å². The van der Waals surface area contributed by atoms with Gasteiger partial charge in [-0.2, -0.15) is 0 Å². The van der Waals surface area contributed by atoms with Crippen LogP contribution < -0.4 is 4.90 Å². The van der Waals surface area contributed by atoms with Crippen LogP contribution in [0, 0.1) is 11.7 Å². The number of hydrogen-bond acceptors (Lipinski definition) is 2. The van der Waals surface area contributed by atoms with Gasteiger partial charge in [-0.3, -0.25) is 9.78 Å². The zero-order valence-electron chi connectivity index (χ0n) is 7.99. The van der Waals surface area contributed by atoms with Gasteiger partial charge in [-0.1, -0.05) is 0 Å². The van der Waals surface area contributed by atoms with Crippen molar-refractivity contribution in [3.05, 3.63) is 24.3 Å². The summed E-state index contributed by atoms with van der Waals surface area (Å²) < 4.78 is 13.4. The van der Waals surface area contributed by atoms with Crippen molar-refractivity contribution in [2.45, 2.75) is 6.42 Å². The molecule has 0 saturated carbocycles. The minimum Gasteiger partial charge on any atom is -0.309 e. The monoisotopic (exact) mass is 228 g/mol. The SMILES string of the molecule is O=C1CC(CCl)CN1c1ccncc1F. The molecule has 5 heteroatoms. The van der Waals surface area contributed by atoms with E-state index in [0.717, 1.165) is 6.20 Å². The number of halogens is 2. The molecule has 0 spiro atoms. The average molecular weight is 229 g/mol. The zero-order chi connectivity index (χ0) is 10.8. The smallest absolute Gasteiger partial charge is 0.227 e. The van der Waals surface area contributed by atoms with Gasteiger partial charge in [-0.05, 0) is 12.0 Å². The van der Waals surface area contributed by atoms with Crippen molar-refractivity contribution < 1.29 is 9.18 Å². The van der Waals surface area contributed by atoms with Crippen LogP contribution in [0.3, 0.4) is 0 Å². The van der Waals surface area contributed by atoms with E-state index in [2.05, 4.69) is 4.98 Å². The molecule has 1 aromatic heterocycles. The third-order valence-electron chi connectivity index (χ3n) is 2.47. The van der Waals surface area contributed by atoms with Crippen molar-refractivity contribution in [1.29, 1.82) is 0 Å². The van der Waals surface area contributed by atoms with Crippen LogP contribution in [0.4, 0.5) is 10.1 Å². The lowest BCUT2D eigenvalue weighted by atomic mass is 10.1. The number of rotatable bonds is 2. The molecular formula is C10H10ClFN2O. The molecule has 1 amide bonds. The topological polar surface area (TPSA) is 33.2 Å². The molecule has 2 rings (SSSR count). The van der Waals surface area contributed by atoms with Gasteiger partial charge in [0.2, 0.25) is 5.91 Å². The minimum atomic E-state index is -0.471. The second-order valence-electron chi connectivity index (χ2n) is 3.56. The van der Waals surface area contributed by atoms with Gasteiger partial charge in [0, 0.05) is 25.0 Å². The van der Waals surface area contributed by atoms with Crippen LogP contribution in [0.15, 0.2) is 18.5 Å². The number of aromatic nitrogens is 1. The van der Waals surface area contributed by atoms with Gasteiger partial charge in [0.05, 0.1) is 11.9 Å². The molecule has 0 radical (unpaired) electrons. The molecule has 0 N–H and O–H groups in total. The Morgan fingerprint density at radius 3 is 3.07 bits per heavy atom. The summed E-state index contributed by atoms with van der Waals surface area (Å²) in [6.45, 7) is 0.489. The lowest BCUT2D eigenvalue weighted by Crippen LogP contribution is -2.25. The van der Waals surface area contributed by atoms with Crippen molar-refractivity contribution in [3.8, 4) is 0 Å². The van der Waals surface area contributed by atoms with E-state index in [4.69, 9.17) is 11.6 Å². The second-order valence-corrected chi connectivity index (χ2v) is 3.86.